The van der Waals surface area contributed by atoms with Crippen LogP contribution in [-0.2, 0) is 13.0 Å². The van der Waals surface area contributed by atoms with Crippen LogP contribution in [-0.4, -0.2) is 31.8 Å². The van der Waals surface area contributed by atoms with E-state index in [1.165, 1.54) is 37.3 Å². The summed E-state index contributed by atoms with van der Waals surface area (Å²) in [5.74, 6) is 0.925. The predicted molar refractivity (Wildman–Crippen MR) is 128 cm³/mol. The first-order valence-electron chi connectivity index (χ1n) is 10.6. The van der Waals surface area contributed by atoms with E-state index in [4.69, 9.17) is 14.2 Å². The molecule has 0 N–H and O–H groups in total. The van der Waals surface area contributed by atoms with Crippen molar-refractivity contribution < 1.29 is 19.0 Å². The van der Waals surface area contributed by atoms with Gasteiger partial charge in [-0.3, -0.25) is 4.79 Å². The number of hydrogen-bond acceptors (Lipinski definition) is 5. The van der Waals surface area contributed by atoms with E-state index < -0.39 is 0 Å². The fourth-order valence-electron chi connectivity index (χ4n) is 3.64. The van der Waals surface area contributed by atoms with Crippen molar-refractivity contribution in [1.29, 1.82) is 0 Å². The number of rotatable bonds is 7. The number of methoxy groups -OCH3 is 3. The van der Waals surface area contributed by atoms with Crippen molar-refractivity contribution in [2.45, 2.75) is 40.7 Å². The van der Waals surface area contributed by atoms with Crippen molar-refractivity contribution in [3.8, 4) is 28.5 Å². The van der Waals surface area contributed by atoms with Gasteiger partial charge < -0.3 is 18.8 Å². The van der Waals surface area contributed by atoms with Crippen LogP contribution >= 0.6 is 11.3 Å². The Balaban J connectivity index is 2.16. The largest absolute Gasteiger partial charge is 0.493 e. The number of amides is 1. The number of hydrogen-bond donors (Lipinski definition) is 0. The van der Waals surface area contributed by atoms with Gasteiger partial charge in [0.15, 0.2) is 16.3 Å². The highest BCUT2D eigenvalue weighted by Crippen LogP contribution is 2.38. The maximum atomic E-state index is 13.1. The van der Waals surface area contributed by atoms with Gasteiger partial charge in [-0.1, -0.05) is 19.1 Å². The third-order valence-corrected chi connectivity index (χ3v) is 6.73. The molecule has 0 aliphatic rings. The molecule has 7 heteroatoms. The van der Waals surface area contributed by atoms with E-state index in [1.54, 1.807) is 23.5 Å². The quantitative estimate of drug-likeness (QED) is 0.493. The minimum Gasteiger partial charge on any atom is -0.493 e. The maximum absolute atomic E-state index is 13.1. The highest BCUT2D eigenvalue weighted by Gasteiger charge is 2.19. The van der Waals surface area contributed by atoms with Crippen LogP contribution < -0.4 is 19.0 Å². The molecule has 0 unspecified atom stereocenters. The lowest BCUT2D eigenvalue weighted by atomic mass is 10.0. The second-order valence-corrected chi connectivity index (χ2v) is 8.45. The number of carbonyl (C=O) groups is 1. The van der Waals surface area contributed by atoms with Crippen molar-refractivity contribution in [2.75, 3.05) is 21.3 Å². The molecule has 170 valence electrons. The summed E-state index contributed by atoms with van der Waals surface area (Å²) in [4.78, 5) is 19.5. The molecule has 3 rings (SSSR count). The zero-order valence-corrected chi connectivity index (χ0v) is 20.6. The number of nitrogens with zero attached hydrogens (tertiary/aromatic N) is 2. The molecule has 0 aliphatic heterocycles. The van der Waals surface area contributed by atoms with Crippen LogP contribution in [0.1, 0.15) is 40.2 Å². The molecule has 32 heavy (non-hydrogen) atoms. The third kappa shape index (κ3) is 4.43. The number of aryl methyl sites for hydroxylation is 3. The number of aromatic nitrogens is 1. The summed E-state index contributed by atoms with van der Waals surface area (Å²) in [6.45, 7) is 9.13. The highest BCUT2D eigenvalue weighted by atomic mass is 32.1. The summed E-state index contributed by atoms with van der Waals surface area (Å²) in [5.41, 5.74) is 5.14. The lowest BCUT2D eigenvalue weighted by Gasteiger charge is -2.13. The maximum Gasteiger partial charge on any atom is 0.279 e. The number of benzene rings is 2. The van der Waals surface area contributed by atoms with Gasteiger partial charge in [0.1, 0.15) is 0 Å². The normalized spacial score (nSPS) is 11.5. The molecule has 0 fully saturated rings. The Morgan fingerprint density at radius 2 is 1.62 bits per heavy atom. The van der Waals surface area contributed by atoms with E-state index in [9.17, 15) is 4.79 Å². The van der Waals surface area contributed by atoms with Crippen molar-refractivity contribution in [2.24, 2.45) is 4.99 Å². The Kier molecular flexibility index (Phi) is 7.40. The first-order chi connectivity index (χ1) is 15.4. The van der Waals surface area contributed by atoms with E-state index >= 15 is 0 Å². The van der Waals surface area contributed by atoms with Gasteiger partial charge >= 0.3 is 0 Å². The molecule has 1 aromatic heterocycles. The van der Waals surface area contributed by atoms with Crippen molar-refractivity contribution >= 4 is 17.2 Å². The van der Waals surface area contributed by atoms with E-state index in [0.717, 1.165) is 17.7 Å². The second-order valence-electron chi connectivity index (χ2n) is 7.38. The van der Waals surface area contributed by atoms with Crippen molar-refractivity contribution in [1.82, 2.24) is 4.57 Å². The van der Waals surface area contributed by atoms with Gasteiger partial charge in [-0.15, -0.1) is 11.3 Å². The first kappa shape index (κ1) is 23.6. The molecule has 1 heterocycles. The molecule has 3 aromatic rings. The molecule has 0 saturated heterocycles. The lowest BCUT2D eigenvalue weighted by Crippen LogP contribution is -2.17. The average Bonchev–Trinajstić information content (AvgIpc) is 3.16. The zero-order valence-electron chi connectivity index (χ0n) is 19.7. The number of carbonyl (C=O) groups excluding carboxylic acids is 1. The fourth-order valence-corrected chi connectivity index (χ4v) is 4.79. The number of thiazole rings is 1. The zero-order chi connectivity index (χ0) is 23.4. The minimum absolute atomic E-state index is 0.359. The van der Waals surface area contributed by atoms with Gasteiger partial charge in [0.05, 0.1) is 27.0 Å². The van der Waals surface area contributed by atoms with Gasteiger partial charge in [0, 0.05) is 17.0 Å². The van der Waals surface area contributed by atoms with Crippen LogP contribution in [0.25, 0.3) is 11.3 Å². The van der Waals surface area contributed by atoms with Crippen LogP contribution in [0, 0.1) is 13.8 Å². The second kappa shape index (κ2) is 10.0. The van der Waals surface area contributed by atoms with Gasteiger partial charge in [-0.25, -0.2) is 0 Å². The molecule has 0 bridgehead atoms. The van der Waals surface area contributed by atoms with E-state index in [1.807, 2.05) is 0 Å². The van der Waals surface area contributed by atoms with E-state index in [2.05, 4.69) is 55.5 Å². The standard InChI is InChI=1S/C25H30N2O4S/c1-8-21-22(17-11-10-15(3)16(4)12-17)27(9-2)25(32-21)26-24(28)18-13-19(29-5)23(31-7)20(14-18)30-6/h10-14H,8-9H2,1-7H3. The summed E-state index contributed by atoms with van der Waals surface area (Å²) in [7, 11) is 4.58. The summed E-state index contributed by atoms with van der Waals surface area (Å²) in [5, 5.41) is 0. The molecule has 0 aliphatic carbocycles. The molecule has 0 atom stereocenters. The summed E-state index contributed by atoms with van der Waals surface area (Å²) < 4.78 is 18.2. The minimum atomic E-state index is -0.359. The Bertz CT molecular complexity index is 1180. The van der Waals surface area contributed by atoms with E-state index in [-0.39, 0.29) is 5.91 Å². The average molecular weight is 455 g/mol. The summed E-state index contributed by atoms with van der Waals surface area (Å²) in [6.07, 6.45) is 0.862. The monoisotopic (exact) mass is 454 g/mol. The molecule has 1 amide bonds. The molecule has 0 spiro atoms. The summed E-state index contributed by atoms with van der Waals surface area (Å²) >= 11 is 1.55. The Morgan fingerprint density at radius 1 is 0.969 bits per heavy atom. The molecular weight excluding hydrogens is 424 g/mol. The van der Waals surface area contributed by atoms with E-state index in [0.29, 0.717) is 34.2 Å². The fraction of sp³-hybridized carbons (Fsp3) is 0.360. The smallest absolute Gasteiger partial charge is 0.279 e. The lowest BCUT2D eigenvalue weighted by molar-refractivity contribution is 0.0997. The topological polar surface area (TPSA) is 62.1 Å². The van der Waals surface area contributed by atoms with Crippen molar-refractivity contribution in [3.05, 3.63) is 56.7 Å². The van der Waals surface area contributed by atoms with Gasteiger partial charge in [0.25, 0.3) is 5.91 Å². The molecular formula is C25H30N2O4S. The molecule has 0 radical (unpaired) electrons. The molecule has 0 saturated carbocycles. The van der Waals surface area contributed by atoms with Crippen LogP contribution in [0.5, 0.6) is 17.2 Å². The molecule has 6 nitrogen and oxygen atoms in total. The van der Waals surface area contributed by atoms with Crippen LogP contribution in [0.2, 0.25) is 0 Å². The summed E-state index contributed by atoms with van der Waals surface area (Å²) in [6, 6.07) is 9.73. The highest BCUT2D eigenvalue weighted by molar-refractivity contribution is 7.09. The van der Waals surface area contributed by atoms with Crippen molar-refractivity contribution in [3.63, 3.8) is 0 Å². The first-order valence-corrected chi connectivity index (χ1v) is 11.4. The Labute approximate surface area is 193 Å². The SMILES string of the molecule is CCc1sc(=NC(=O)c2cc(OC)c(OC)c(OC)c2)n(CC)c1-c1ccc(C)c(C)c1. The Morgan fingerprint density at radius 3 is 2.12 bits per heavy atom. The van der Waals surface area contributed by atoms with Gasteiger partial charge in [-0.05, 0) is 62.1 Å². The van der Waals surface area contributed by atoms with Gasteiger partial charge in [0.2, 0.25) is 5.75 Å². The predicted octanol–water partition coefficient (Wildman–Crippen LogP) is 5.18. The van der Waals surface area contributed by atoms with Crippen LogP contribution in [0.4, 0.5) is 0 Å². The Hall–Kier alpha value is -3.06. The van der Waals surface area contributed by atoms with Crippen LogP contribution in [0.15, 0.2) is 35.3 Å². The molecule has 2 aromatic carbocycles. The third-order valence-electron chi connectivity index (χ3n) is 5.51. The van der Waals surface area contributed by atoms with Gasteiger partial charge in [-0.2, -0.15) is 4.99 Å². The number of ether oxygens (including phenoxy) is 3. The van der Waals surface area contributed by atoms with Crippen LogP contribution in [0.3, 0.4) is 0 Å².